The van der Waals surface area contributed by atoms with Gasteiger partial charge >= 0.3 is 5.97 Å². The minimum Gasteiger partial charge on any atom is -0.493 e. The maximum Gasteiger partial charge on any atom is 0.307 e. The molecule has 0 bridgehead atoms. The predicted octanol–water partition coefficient (Wildman–Crippen LogP) is 4.65. The molecule has 0 spiro atoms. The Balaban J connectivity index is 2.14. The van der Waals surface area contributed by atoms with Gasteiger partial charge in [-0.1, -0.05) is 12.1 Å². The number of fused-ring (bicyclic) bond motifs is 1. The normalized spacial score (nSPS) is 14.5. The minimum absolute atomic E-state index is 0.147. The Bertz CT molecular complexity index is 941. The Labute approximate surface area is 151 Å². The Morgan fingerprint density at radius 3 is 2.46 bits per heavy atom. The van der Waals surface area contributed by atoms with Crippen molar-refractivity contribution in [3.8, 4) is 11.5 Å². The molecule has 1 N–H and O–H groups in total. The van der Waals surface area contributed by atoms with Crippen LogP contribution in [0.4, 0.5) is 4.39 Å². The third-order valence-corrected chi connectivity index (χ3v) is 4.50. The van der Waals surface area contributed by atoms with Gasteiger partial charge < -0.3 is 14.6 Å². The largest absolute Gasteiger partial charge is 0.493 e. The molecular weight excluding hydrogens is 335 g/mol. The summed E-state index contributed by atoms with van der Waals surface area (Å²) in [6.07, 6.45) is 1.80. The number of carboxylic acid groups (broad SMARTS) is 1. The van der Waals surface area contributed by atoms with E-state index in [2.05, 4.69) is 0 Å². The zero-order valence-corrected chi connectivity index (χ0v) is 14.8. The highest BCUT2D eigenvalue weighted by Crippen LogP contribution is 2.44. The number of hydrogen-bond acceptors (Lipinski definition) is 3. The fourth-order valence-electron chi connectivity index (χ4n) is 3.24. The zero-order chi connectivity index (χ0) is 18.8. The van der Waals surface area contributed by atoms with Crippen LogP contribution in [-0.2, 0) is 4.79 Å². The van der Waals surface area contributed by atoms with Gasteiger partial charge in [0.1, 0.15) is 5.82 Å². The molecule has 0 aliphatic heterocycles. The molecule has 0 amide bonds. The third kappa shape index (κ3) is 3.20. The molecule has 0 saturated heterocycles. The van der Waals surface area contributed by atoms with Crippen molar-refractivity contribution in [2.24, 2.45) is 0 Å². The predicted molar refractivity (Wildman–Crippen MR) is 98.7 cm³/mol. The van der Waals surface area contributed by atoms with Gasteiger partial charge in [-0.2, -0.15) is 0 Å². The molecular formula is C21H19FO4. The fourth-order valence-corrected chi connectivity index (χ4v) is 3.24. The summed E-state index contributed by atoms with van der Waals surface area (Å²) >= 11 is 0. The summed E-state index contributed by atoms with van der Waals surface area (Å²) in [5.74, 6) is -0.0947. The van der Waals surface area contributed by atoms with Gasteiger partial charge in [0.25, 0.3) is 0 Å². The van der Waals surface area contributed by atoms with Gasteiger partial charge in [-0.15, -0.1) is 0 Å². The molecule has 0 saturated carbocycles. The second-order valence-corrected chi connectivity index (χ2v) is 6.04. The molecule has 26 heavy (non-hydrogen) atoms. The van der Waals surface area contributed by atoms with Crippen molar-refractivity contribution in [2.75, 3.05) is 14.2 Å². The average molecular weight is 354 g/mol. The number of allylic oxidation sites excluding steroid dienone is 2. The van der Waals surface area contributed by atoms with Crippen molar-refractivity contribution in [2.45, 2.75) is 13.3 Å². The first-order valence-corrected chi connectivity index (χ1v) is 8.10. The van der Waals surface area contributed by atoms with E-state index in [0.29, 0.717) is 22.6 Å². The first-order valence-electron chi connectivity index (χ1n) is 8.10. The molecule has 3 rings (SSSR count). The number of carbonyl (C=O) groups is 1. The summed E-state index contributed by atoms with van der Waals surface area (Å²) in [6, 6.07) is 10.0. The highest BCUT2D eigenvalue weighted by molar-refractivity contribution is 6.07. The molecule has 2 aromatic carbocycles. The number of aliphatic carboxylic acids is 1. The van der Waals surface area contributed by atoms with Crippen molar-refractivity contribution >= 4 is 23.2 Å². The Hall–Kier alpha value is -3.08. The maximum atomic E-state index is 13.7. The summed E-state index contributed by atoms with van der Waals surface area (Å²) in [7, 11) is 3.14. The standard InChI is InChI=1S/C21H19FO4/c1-12-16(8-13-4-7-19(25-2)20(9-13)26-3)15-6-5-14(22)10-18(15)17(12)11-21(23)24/h4-10H,11H2,1-3H3,(H,23,24)/b16-8-. The Morgan fingerprint density at radius 1 is 1.08 bits per heavy atom. The van der Waals surface area contributed by atoms with E-state index in [0.717, 1.165) is 22.3 Å². The minimum atomic E-state index is -0.943. The monoisotopic (exact) mass is 354 g/mol. The van der Waals surface area contributed by atoms with E-state index in [-0.39, 0.29) is 12.2 Å². The first kappa shape index (κ1) is 17.7. The summed E-state index contributed by atoms with van der Waals surface area (Å²) < 4.78 is 24.3. The van der Waals surface area contributed by atoms with Gasteiger partial charge in [0.2, 0.25) is 0 Å². The van der Waals surface area contributed by atoms with Crippen LogP contribution in [0, 0.1) is 5.82 Å². The van der Waals surface area contributed by atoms with Crippen molar-refractivity contribution < 1.29 is 23.8 Å². The lowest BCUT2D eigenvalue weighted by molar-refractivity contribution is -0.135. The molecule has 4 nitrogen and oxygen atoms in total. The highest BCUT2D eigenvalue weighted by Gasteiger charge is 2.25. The summed E-state index contributed by atoms with van der Waals surface area (Å²) in [4.78, 5) is 11.2. The second kappa shape index (κ2) is 7.04. The number of halogens is 1. The third-order valence-electron chi connectivity index (χ3n) is 4.50. The number of rotatable bonds is 5. The van der Waals surface area contributed by atoms with E-state index in [4.69, 9.17) is 9.47 Å². The van der Waals surface area contributed by atoms with E-state index in [1.165, 1.54) is 12.1 Å². The van der Waals surface area contributed by atoms with E-state index in [9.17, 15) is 14.3 Å². The van der Waals surface area contributed by atoms with Gasteiger partial charge in [0.05, 0.1) is 20.6 Å². The highest BCUT2D eigenvalue weighted by atomic mass is 19.1. The molecule has 0 heterocycles. The smallest absolute Gasteiger partial charge is 0.307 e. The summed E-state index contributed by atoms with van der Waals surface area (Å²) in [6.45, 7) is 1.86. The van der Waals surface area contributed by atoms with Crippen LogP contribution in [0.15, 0.2) is 42.0 Å². The molecule has 0 aromatic heterocycles. The lowest BCUT2D eigenvalue weighted by atomic mass is 10.0. The lowest BCUT2D eigenvalue weighted by Crippen LogP contribution is -1.97. The van der Waals surface area contributed by atoms with E-state index in [1.807, 2.05) is 31.2 Å². The number of methoxy groups -OCH3 is 2. The van der Waals surface area contributed by atoms with Crippen molar-refractivity contribution in [3.63, 3.8) is 0 Å². The van der Waals surface area contributed by atoms with E-state index >= 15 is 0 Å². The molecule has 0 radical (unpaired) electrons. The molecule has 2 aromatic rings. The van der Waals surface area contributed by atoms with Crippen LogP contribution in [0.1, 0.15) is 30.0 Å². The van der Waals surface area contributed by atoms with Gasteiger partial charge in [-0.3, -0.25) is 4.79 Å². The number of carboxylic acids is 1. The maximum absolute atomic E-state index is 13.7. The summed E-state index contributed by atoms with van der Waals surface area (Å²) in [5, 5.41) is 9.21. The Kier molecular flexibility index (Phi) is 4.80. The lowest BCUT2D eigenvalue weighted by Gasteiger charge is -2.09. The summed E-state index contributed by atoms with van der Waals surface area (Å²) in [5.41, 5.74) is 4.69. The topological polar surface area (TPSA) is 55.8 Å². The molecule has 0 unspecified atom stereocenters. The van der Waals surface area contributed by atoms with Crippen LogP contribution < -0.4 is 9.47 Å². The van der Waals surface area contributed by atoms with Gasteiger partial charge in [-0.05, 0) is 70.7 Å². The zero-order valence-electron chi connectivity index (χ0n) is 14.8. The van der Waals surface area contributed by atoms with Gasteiger partial charge in [0.15, 0.2) is 11.5 Å². The molecule has 1 aliphatic carbocycles. The van der Waals surface area contributed by atoms with Crippen LogP contribution >= 0.6 is 0 Å². The fraction of sp³-hybridized carbons (Fsp3) is 0.190. The SMILES string of the molecule is COc1ccc(/C=C2/C(C)=C(CC(=O)O)c3cc(F)ccc32)cc1OC. The van der Waals surface area contributed by atoms with Crippen LogP contribution in [0.5, 0.6) is 11.5 Å². The van der Waals surface area contributed by atoms with Gasteiger partial charge in [-0.25, -0.2) is 4.39 Å². The van der Waals surface area contributed by atoms with Crippen LogP contribution in [0.3, 0.4) is 0 Å². The first-order chi connectivity index (χ1) is 12.4. The van der Waals surface area contributed by atoms with Crippen LogP contribution in [0.2, 0.25) is 0 Å². The quantitative estimate of drug-likeness (QED) is 0.849. The average Bonchev–Trinajstić information content (AvgIpc) is 2.86. The molecule has 1 aliphatic rings. The van der Waals surface area contributed by atoms with Gasteiger partial charge in [0, 0.05) is 0 Å². The molecule has 0 atom stereocenters. The van der Waals surface area contributed by atoms with E-state index < -0.39 is 5.97 Å². The van der Waals surface area contributed by atoms with Crippen molar-refractivity contribution in [3.05, 3.63) is 64.5 Å². The second-order valence-electron chi connectivity index (χ2n) is 6.04. The number of hydrogen-bond donors (Lipinski definition) is 1. The number of ether oxygens (including phenoxy) is 2. The molecule has 0 fully saturated rings. The van der Waals surface area contributed by atoms with Crippen LogP contribution in [0.25, 0.3) is 17.2 Å². The van der Waals surface area contributed by atoms with Crippen LogP contribution in [-0.4, -0.2) is 25.3 Å². The van der Waals surface area contributed by atoms with Crippen molar-refractivity contribution in [1.82, 2.24) is 0 Å². The molecule has 5 heteroatoms. The number of benzene rings is 2. The Morgan fingerprint density at radius 2 is 1.81 bits per heavy atom. The van der Waals surface area contributed by atoms with Crippen molar-refractivity contribution in [1.29, 1.82) is 0 Å². The van der Waals surface area contributed by atoms with E-state index in [1.54, 1.807) is 20.3 Å². The molecule has 134 valence electrons.